The summed E-state index contributed by atoms with van der Waals surface area (Å²) in [5.74, 6) is -0.203. The van der Waals surface area contributed by atoms with Crippen LogP contribution in [0.4, 0.5) is 0 Å². The Kier molecular flexibility index (Phi) is 6.58. The molecule has 0 fully saturated rings. The molecule has 0 N–H and O–H groups in total. The van der Waals surface area contributed by atoms with Gasteiger partial charge < -0.3 is 9.47 Å². The normalized spacial score (nSPS) is 11.8. The van der Waals surface area contributed by atoms with Crippen molar-refractivity contribution >= 4 is 40.8 Å². The first-order valence-electron chi connectivity index (χ1n) is 6.92. The van der Waals surface area contributed by atoms with Crippen LogP contribution in [0.3, 0.4) is 0 Å². The van der Waals surface area contributed by atoms with Crippen LogP contribution < -0.4 is 4.74 Å². The molecule has 122 valence electrons. The molecule has 0 aliphatic carbocycles. The van der Waals surface area contributed by atoms with Crippen molar-refractivity contribution in [2.75, 3.05) is 13.7 Å². The lowest BCUT2D eigenvalue weighted by atomic mass is 9.96. The van der Waals surface area contributed by atoms with Crippen LogP contribution in [0.25, 0.3) is 0 Å². The summed E-state index contributed by atoms with van der Waals surface area (Å²) in [4.78, 5) is 12.0. The van der Waals surface area contributed by atoms with Gasteiger partial charge in [0.05, 0.1) is 19.6 Å². The highest BCUT2D eigenvalue weighted by atomic mass is 35.5. The molecule has 0 spiro atoms. The summed E-state index contributed by atoms with van der Waals surface area (Å²) < 4.78 is 10.5. The number of benzene rings is 2. The first kappa shape index (κ1) is 17.9. The van der Waals surface area contributed by atoms with Crippen LogP contribution in [0.1, 0.15) is 17.9 Å². The maximum absolute atomic E-state index is 12.0. The predicted molar refractivity (Wildman–Crippen MR) is 92.8 cm³/mol. The van der Waals surface area contributed by atoms with E-state index in [0.29, 0.717) is 39.4 Å². The van der Waals surface area contributed by atoms with E-state index in [0.717, 1.165) is 0 Å². The number of carbonyl (C=O) groups is 1. The van der Waals surface area contributed by atoms with Gasteiger partial charge in [-0.15, -0.1) is 0 Å². The SMILES string of the molecule is COC(=O)[C@H](CCOc1ccc(Cl)cc1)c1ccc(Cl)cc1Cl. The summed E-state index contributed by atoms with van der Waals surface area (Å²) in [6.45, 7) is 0.334. The zero-order valence-corrected chi connectivity index (χ0v) is 14.7. The van der Waals surface area contributed by atoms with Gasteiger partial charge in [-0.25, -0.2) is 0 Å². The Morgan fingerprint density at radius 3 is 2.30 bits per heavy atom. The summed E-state index contributed by atoms with van der Waals surface area (Å²) in [5, 5.41) is 1.58. The predicted octanol–water partition coefficient (Wildman–Crippen LogP) is 5.37. The number of rotatable bonds is 6. The van der Waals surface area contributed by atoms with Crippen molar-refractivity contribution in [1.29, 1.82) is 0 Å². The van der Waals surface area contributed by atoms with Crippen molar-refractivity contribution in [3.8, 4) is 5.75 Å². The Balaban J connectivity index is 2.07. The van der Waals surface area contributed by atoms with Crippen LogP contribution in [-0.4, -0.2) is 19.7 Å². The van der Waals surface area contributed by atoms with Gasteiger partial charge in [0.25, 0.3) is 0 Å². The molecule has 0 bridgehead atoms. The van der Waals surface area contributed by atoms with Gasteiger partial charge in [0, 0.05) is 15.1 Å². The van der Waals surface area contributed by atoms with E-state index >= 15 is 0 Å². The highest BCUT2D eigenvalue weighted by Crippen LogP contribution is 2.30. The third-order valence-corrected chi connectivity index (χ3v) is 4.13. The molecule has 1 atom stereocenters. The fourth-order valence-corrected chi connectivity index (χ4v) is 2.82. The minimum atomic E-state index is -0.517. The van der Waals surface area contributed by atoms with Crippen molar-refractivity contribution < 1.29 is 14.3 Å². The number of esters is 1. The minimum absolute atomic E-state index is 0.334. The summed E-state index contributed by atoms with van der Waals surface area (Å²) in [5.41, 5.74) is 0.669. The lowest BCUT2D eigenvalue weighted by Gasteiger charge is -2.17. The molecule has 0 aliphatic rings. The molecular weight excluding hydrogens is 359 g/mol. The largest absolute Gasteiger partial charge is 0.494 e. The lowest BCUT2D eigenvalue weighted by molar-refractivity contribution is -0.142. The second-order valence-corrected chi connectivity index (χ2v) is 6.11. The third-order valence-electron chi connectivity index (χ3n) is 3.31. The number of carbonyl (C=O) groups excluding carboxylic acids is 1. The maximum Gasteiger partial charge on any atom is 0.313 e. The van der Waals surface area contributed by atoms with Gasteiger partial charge in [-0.05, 0) is 48.4 Å². The van der Waals surface area contributed by atoms with Gasteiger partial charge >= 0.3 is 5.97 Å². The van der Waals surface area contributed by atoms with Gasteiger partial charge in [0.2, 0.25) is 0 Å². The molecular formula is C17H15Cl3O3. The fraction of sp³-hybridized carbons (Fsp3) is 0.235. The standard InChI is InChI=1S/C17H15Cl3O3/c1-22-17(21)15(14-7-4-12(19)10-16(14)20)8-9-23-13-5-2-11(18)3-6-13/h2-7,10,15H,8-9H2,1H3/t15-/m1/s1. The summed E-state index contributed by atoms with van der Waals surface area (Å²) >= 11 is 17.9. The molecule has 23 heavy (non-hydrogen) atoms. The molecule has 6 heteroatoms. The fourth-order valence-electron chi connectivity index (χ4n) is 2.15. The highest BCUT2D eigenvalue weighted by molar-refractivity contribution is 6.35. The van der Waals surface area contributed by atoms with Crippen molar-refractivity contribution in [1.82, 2.24) is 0 Å². The summed E-state index contributed by atoms with van der Waals surface area (Å²) in [6, 6.07) is 12.0. The van der Waals surface area contributed by atoms with Crippen molar-refractivity contribution in [3.63, 3.8) is 0 Å². The van der Waals surface area contributed by atoms with E-state index in [2.05, 4.69) is 0 Å². The average molecular weight is 374 g/mol. The molecule has 3 nitrogen and oxygen atoms in total. The van der Waals surface area contributed by atoms with Gasteiger partial charge in [0.1, 0.15) is 5.75 Å². The Morgan fingerprint density at radius 2 is 1.70 bits per heavy atom. The monoisotopic (exact) mass is 372 g/mol. The Bertz CT molecular complexity index is 671. The van der Waals surface area contributed by atoms with Crippen molar-refractivity contribution in [3.05, 3.63) is 63.1 Å². The molecule has 0 saturated heterocycles. The lowest BCUT2D eigenvalue weighted by Crippen LogP contribution is -2.17. The van der Waals surface area contributed by atoms with Crippen molar-refractivity contribution in [2.45, 2.75) is 12.3 Å². The first-order valence-corrected chi connectivity index (χ1v) is 8.06. The number of halogens is 3. The number of hydrogen-bond acceptors (Lipinski definition) is 3. The molecule has 2 aromatic carbocycles. The number of hydrogen-bond donors (Lipinski definition) is 0. The molecule has 0 aromatic heterocycles. The molecule has 0 amide bonds. The second kappa shape index (κ2) is 8.44. The number of methoxy groups -OCH3 is 1. The quantitative estimate of drug-likeness (QED) is 0.638. The van der Waals surface area contributed by atoms with Gasteiger partial charge in [-0.1, -0.05) is 40.9 Å². The van der Waals surface area contributed by atoms with E-state index in [9.17, 15) is 4.79 Å². The Hall–Kier alpha value is -1.42. The zero-order chi connectivity index (χ0) is 16.8. The Labute approximate surface area is 150 Å². The van der Waals surface area contributed by atoms with E-state index in [-0.39, 0.29) is 5.97 Å². The molecule has 0 aliphatic heterocycles. The van der Waals surface area contributed by atoms with Crippen LogP contribution in [-0.2, 0) is 9.53 Å². The smallest absolute Gasteiger partial charge is 0.313 e. The van der Waals surface area contributed by atoms with Crippen LogP contribution >= 0.6 is 34.8 Å². The van der Waals surface area contributed by atoms with E-state index < -0.39 is 5.92 Å². The first-order chi connectivity index (χ1) is 11.0. The molecule has 0 saturated carbocycles. The number of ether oxygens (including phenoxy) is 2. The third kappa shape index (κ3) is 5.03. The van der Waals surface area contributed by atoms with E-state index in [4.69, 9.17) is 44.3 Å². The molecule has 0 unspecified atom stereocenters. The van der Waals surface area contributed by atoms with E-state index in [1.54, 1.807) is 42.5 Å². The van der Waals surface area contributed by atoms with Gasteiger partial charge in [0.15, 0.2) is 0 Å². The minimum Gasteiger partial charge on any atom is -0.494 e. The molecule has 2 rings (SSSR count). The average Bonchev–Trinajstić information content (AvgIpc) is 2.53. The van der Waals surface area contributed by atoms with E-state index in [1.807, 2.05) is 0 Å². The van der Waals surface area contributed by atoms with Gasteiger partial charge in [-0.3, -0.25) is 4.79 Å². The zero-order valence-electron chi connectivity index (χ0n) is 12.4. The second-order valence-electron chi connectivity index (χ2n) is 4.83. The van der Waals surface area contributed by atoms with Crippen LogP contribution in [0, 0.1) is 0 Å². The summed E-state index contributed by atoms with van der Waals surface area (Å²) in [7, 11) is 1.35. The molecule has 0 radical (unpaired) electrons. The molecule has 0 heterocycles. The van der Waals surface area contributed by atoms with Crippen LogP contribution in [0.15, 0.2) is 42.5 Å². The van der Waals surface area contributed by atoms with Gasteiger partial charge in [-0.2, -0.15) is 0 Å². The highest BCUT2D eigenvalue weighted by Gasteiger charge is 2.24. The Morgan fingerprint density at radius 1 is 1.04 bits per heavy atom. The topological polar surface area (TPSA) is 35.5 Å². The summed E-state index contributed by atoms with van der Waals surface area (Å²) in [6.07, 6.45) is 0.427. The van der Waals surface area contributed by atoms with Crippen LogP contribution in [0.5, 0.6) is 5.75 Å². The van der Waals surface area contributed by atoms with E-state index in [1.165, 1.54) is 7.11 Å². The maximum atomic E-state index is 12.0. The van der Waals surface area contributed by atoms with Crippen molar-refractivity contribution in [2.24, 2.45) is 0 Å². The molecule has 2 aromatic rings. The van der Waals surface area contributed by atoms with Crippen LogP contribution in [0.2, 0.25) is 15.1 Å².